The molecule has 0 radical (unpaired) electrons. The van der Waals surface area contributed by atoms with Gasteiger partial charge in [-0.2, -0.15) is 13.2 Å². The van der Waals surface area contributed by atoms with E-state index in [2.05, 4.69) is 4.98 Å². The van der Waals surface area contributed by atoms with Crippen LogP contribution >= 0.6 is 0 Å². The van der Waals surface area contributed by atoms with Gasteiger partial charge in [-0.25, -0.2) is 14.3 Å². The van der Waals surface area contributed by atoms with E-state index in [1.165, 1.54) is 27.6 Å². The summed E-state index contributed by atoms with van der Waals surface area (Å²) in [4.78, 5) is 31.5. The zero-order valence-electron chi connectivity index (χ0n) is 18.4. The number of rotatable bonds is 4. The van der Waals surface area contributed by atoms with Crippen LogP contribution in [0.5, 0.6) is 0 Å². The second-order valence-corrected chi connectivity index (χ2v) is 8.76. The summed E-state index contributed by atoms with van der Waals surface area (Å²) in [6.07, 6.45) is -1.48. The molecule has 2 heterocycles. The normalized spacial score (nSPS) is 14.1. The van der Waals surface area contributed by atoms with Crippen LogP contribution in [-0.2, 0) is 12.7 Å². The van der Waals surface area contributed by atoms with E-state index in [4.69, 9.17) is 0 Å². The molecule has 1 fully saturated rings. The topological polar surface area (TPSA) is 61.8 Å². The summed E-state index contributed by atoms with van der Waals surface area (Å²) in [5, 5.41) is 1.79. The zero-order chi connectivity index (χ0) is 24.3. The van der Waals surface area contributed by atoms with E-state index in [9.17, 15) is 22.8 Å². The van der Waals surface area contributed by atoms with Crippen molar-refractivity contribution in [3.63, 3.8) is 0 Å². The lowest BCUT2D eigenvalue weighted by Gasteiger charge is -2.14. The van der Waals surface area contributed by atoms with Gasteiger partial charge in [0.25, 0.3) is 5.56 Å². The van der Waals surface area contributed by atoms with Crippen LogP contribution in [0.1, 0.15) is 30.0 Å². The summed E-state index contributed by atoms with van der Waals surface area (Å²) in [5.41, 5.74) is 0.0431. The minimum atomic E-state index is -4.42. The summed E-state index contributed by atoms with van der Waals surface area (Å²) in [7, 11) is 0. The Bertz CT molecular complexity index is 1700. The number of hydrogen-bond acceptors (Lipinski definition) is 3. The second kappa shape index (κ2) is 7.69. The van der Waals surface area contributed by atoms with Crippen molar-refractivity contribution in [2.24, 2.45) is 0 Å². The lowest BCUT2D eigenvalue weighted by Crippen LogP contribution is -2.39. The minimum Gasteiger partial charge on any atom is -0.320 e. The average molecular weight is 476 g/mol. The quantitative estimate of drug-likeness (QED) is 0.371. The highest BCUT2D eigenvalue weighted by Crippen LogP contribution is 2.33. The molecule has 6 rings (SSSR count). The predicted molar refractivity (Wildman–Crippen MR) is 126 cm³/mol. The molecule has 6 nitrogen and oxygen atoms in total. The third kappa shape index (κ3) is 3.54. The number of fused-ring (bicyclic) bond motifs is 2. The molecule has 0 amide bonds. The number of imidazole rings is 1. The van der Waals surface area contributed by atoms with E-state index in [1.807, 2.05) is 42.5 Å². The summed E-state index contributed by atoms with van der Waals surface area (Å²) in [6.45, 7) is 0.141. The molecule has 0 spiro atoms. The summed E-state index contributed by atoms with van der Waals surface area (Å²) in [6, 6.07) is 17.9. The molecule has 1 aliphatic carbocycles. The molecular weight excluding hydrogens is 457 g/mol. The Kier molecular flexibility index (Phi) is 4.70. The van der Waals surface area contributed by atoms with Crippen LogP contribution in [0.15, 0.2) is 82.6 Å². The first kappa shape index (κ1) is 21.4. The Morgan fingerprint density at radius 1 is 0.914 bits per heavy atom. The second-order valence-electron chi connectivity index (χ2n) is 8.76. The number of alkyl halides is 3. The fourth-order valence-electron chi connectivity index (χ4n) is 4.54. The summed E-state index contributed by atoms with van der Waals surface area (Å²) in [5.74, 6) is 0. The molecule has 0 aliphatic heterocycles. The number of hydrogen-bond donors (Lipinski definition) is 0. The van der Waals surface area contributed by atoms with Crippen molar-refractivity contribution >= 4 is 21.9 Å². The molecule has 1 saturated carbocycles. The van der Waals surface area contributed by atoms with Gasteiger partial charge in [-0.15, -0.1) is 0 Å². The third-order valence-electron chi connectivity index (χ3n) is 6.40. The highest BCUT2D eigenvalue weighted by Gasteiger charge is 2.31. The van der Waals surface area contributed by atoms with Crippen LogP contribution in [0, 0.1) is 0 Å². The van der Waals surface area contributed by atoms with Crippen molar-refractivity contribution in [2.45, 2.75) is 31.6 Å². The van der Waals surface area contributed by atoms with Gasteiger partial charge in [-0.05, 0) is 42.0 Å². The Hall–Kier alpha value is -4.14. The van der Waals surface area contributed by atoms with Gasteiger partial charge in [0.2, 0.25) is 0 Å². The number of nitrogens with zero attached hydrogens (tertiary/aromatic N) is 4. The summed E-state index contributed by atoms with van der Waals surface area (Å²) >= 11 is 0. The van der Waals surface area contributed by atoms with Crippen molar-refractivity contribution in [1.82, 2.24) is 18.7 Å². The molecular formula is C26H19F3N4O2. The summed E-state index contributed by atoms with van der Waals surface area (Å²) < 4.78 is 43.2. The first-order chi connectivity index (χ1) is 16.8. The Morgan fingerprint density at radius 3 is 2.34 bits per heavy atom. The Labute approximate surface area is 196 Å². The SMILES string of the molecule is O=c1c2c(ncn2Cc2ccc(C(F)(F)F)cc2)n(-c2cccc3ccccc23)c(=O)n1C1CC1. The van der Waals surface area contributed by atoms with Crippen molar-refractivity contribution in [3.8, 4) is 5.69 Å². The van der Waals surface area contributed by atoms with E-state index < -0.39 is 23.0 Å². The van der Waals surface area contributed by atoms with Gasteiger partial charge < -0.3 is 4.57 Å². The van der Waals surface area contributed by atoms with Crippen LogP contribution < -0.4 is 11.2 Å². The van der Waals surface area contributed by atoms with Crippen molar-refractivity contribution in [1.29, 1.82) is 0 Å². The molecule has 0 saturated heterocycles. The largest absolute Gasteiger partial charge is 0.416 e. The van der Waals surface area contributed by atoms with Gasteiger partial charge in [0.15, 0.2) is 11.2 Å². The molecule has 3 aromatic carbocycles. The van der Waals surface area contributed by atoms with E-state index in [1.54, 1.807) is 4.57 Å². The highest BCUT2D eigenvalue weighted by molar-refractivity contribution is 5.91. The molecule has 35 heavy (non-hydrogen) atoms. The first-order valence-electron chi connectivity index (χ1n) is 11.2. The maximum atomic E-state index is 13.6. The maximum absolute atomic E-state index is 13.6. The number of halogens is 3. The minimum absolute atomic E-state index is 0.141. The number of aromatic nitrogens is 4. The highest BCUT2D eigenvalue weighted by atomic mass is 19.4. The first-order valence-corrected chi connectivity index (χ1v) is 11.2. The lowest BCUT2D eigenvalue weighted by atomic mass is 10.1. The smallest absolute Gasteiger partial charge is 0.320 e. The molecule has 0 atom stereocenters. The Balaban J connectivity index is 1.57. The molecule has 176 valence electrons. The van der Waals surface area contributed by atoms with E-state index >= 15 is 0 Å². The molecule has 0 bridgehead atoms. The molecule has 0 N–H and O–H groups in total. The zero-order valence-corrected chi connectivity index (χ0v) is 18.4. The van der Waals surface area contributed by atoms with Gasteiger partial charge in [0, 0.05) is 18.0 Å². The van der Waals surface area contributed by atoms with Crippen LogP contribution in [0.2, 0.25) is 0 Å². The van der Waals surface area contributed by atoms with Crippen molar-refractivity contribution in [3.05, 3.63) is 105 Å². The van der Waals surface area contributed by atoms with Gasteiger partial charge in [0.05, 0.1) is 17.6 Å². The van der Waals surface area contributed by atoms with Crippen molar-refractivity contribution in [2.75, 3.05) is 0 Å². The van der Waals surface area contributed by atoms with E-state index in [-0.39, 0.29) is 23.8 Å². The van der Waals surface area contributed by atoms with Crippen LogP contribution in [-0.4, -0.2) is 18.7 Å². The molecule has 2 aromatic heterocycles. The fourth-order valence-corrected chi connectivity index (χ4v) is 4.54. The molecule has 5 aromatic rings. The van der Waals surface area contributed by atoms with Gasteiger partial charge in [-0.3, -0.25) is 9.36 Å². The van der Waals surface area contributed by atoms with E-state index in [0.717, 1.165) is 35.7 Å². The molecule has 0 unspecified atom stereocenters. The monoisotopic (exact) mass is 476 g/mol. The maximum Gasteiger partial charge on any atom is 0.416 e. The van der Waals surface area contributed by atoms with Crippen LogP contribution in [0.3, 0.4) is 0 Å². The third-order valence-corrected chi connectivity index (χ3v) is 6.40. The van der Waals surface area contributed by atoms with Gasteiger partial charge in [0.1, 0.15) is 0 Å². The van der Waals surface area contributed by atoms with Gasteiger partial charge in [-0.1, -0.05) is 48.5 Å². The van der Waals surface area contributed by atoms with Crippen molar-refractivity contribution < 1.29 is 13.2 Å². The van der Waals surface area contributed by atoms with Gasteiger partial charge >= 0.3 is 11.9 Å². The predicted octanol–water partition coefficient (Wildman–Crippen LogP) is 4.90. The van der Waals surface area contributed by atoms with E-state index in [0.29, 0.717) is 11.3 Å². The van der Waals surface area contributed by atoms with Crippen LogP contribution in [0.25, 0.3) is 27.6 Å². The standard InChI is InChI=1S/C26H19F3N4O2/c27-26(28,29)18-10-8-16(9-11-18)14-31-15-30-23-22(31)24(34)32(19-12-13-19)25(35)33(23)21-7-3-5-17-4-1-2-6-20(17)21/h1-11,15,19H,12-14H2. The average Bonchev–Trinajstić information content (AvgIpc) is 3.59. The Morgan fingerprint density at radius 2 is 1.63 bits per heavy atom. The molecule has 1 aliphatic rings. The fraction of sp³-hybridized carbons (Fsp3) is 0.192. The number of benzene rings is 3. The lowest BCUT2D eigenvalue weighted by molar-refractivity contribution is -0.137. The molecule has 9 heteroatoms. The van der Waals surface area contributed by atoms with Crippen LogP contribution in [0.4, 0.5) is 13.2 Å².